The summed E-state index contributed by atoms with van der Waals surface area (Å²) >= 11 is 0. The number of amides is 1. The number of hydrogen-bond acceptors (Lipinski definition) is 3. The molecule has 1 amide bonds. The van der Waals surface area contributed by atoms with E-state index in [2.05, 4.69) is 11.9 Å². The Morgan fingerprint density at radius 1 is 1.48 bits per heavy atom. The molecule has 1 aliphatic rings. The topological polar surface area (TPSA) is 64.3 Å². The zero-order chi connectivity index (χ0) is 17.0. The van der Waals surface area contributed by atoms with Gasteiger partial charge in [0.2, 0.25) is 0 Å². The number of rotatable bonds is 7. The molecule has 0 spiro atoms. The standard InChI is InChI=1S/C16H19F3N2O2/c1-2-7-23-14-6-5-11(16(17,18)19)8-12(14)15(22)21-9-13(20)10-3-4-10/h2,5-6,8,10,13H,1,3-4,7,9,20H2,(H,21,22). The average Bonchev–Trinajstić information content (AvgIpc) is 3.34. The van der Waals surface area contributed by atoms with E-state index in [0.29, 0.717) is 5.92 Å². The van der Waals surface area contributed by atoms with Gasteiger partial charge in [-0.15, -0.1) is 0 Å². The van der Waals surface area contributed by atoms with Crippen LogP contribution in [-0.4, -0.2) is 25.1 Å². The molecule has 126 valence electrons. The van der Waals surface area contributed by atoms with Crippen molar-refractivity contribution in [2.24, 2.45) is 11.7 Å². The van der Waals surface area contributed by atoms with Crippen LogP contribution in [0.2, 0.25) is 0 Å². The van der Waals surface area contributed by atoms with Crippen molar-refractivity contribution in [3.63, 3.8) is 0 Å². The number of nitrogens with two attached hydrogens (primary N) is 1. The normalized spacial score (nSPS) is 15.8. The third-order valence-electron chi connectivity index (χ3n) is 3.63. The first-order valence-electron chi connectivity index (χ1n) is 7.31. The summed E-state index contributed by atoms with van der Waals surface area (Å²) in [5.74, 6) is -0.171. The minimum atomic E-state index is -4.53. The maximum absolute atomic E-state index is 12.8. The van der Waals surface area contributed by atoms with Crippen molar-refractivity contribution < 1.29 is 22.7 Å². The van der Waals surface area contributed by atoms with Gasteiger partial charge in [-0.05, 0) is 37.0 Å². The Labute approximate surface area is 132 Å². The molecule has 0 aliphatic heterocycles. The molecule has 4 nitrogen and oxygen atoms in total. The number of halogens is 3. The smallest absolute Gasteiger partial charge is 0.416 e. The van der Waals surface area contributed by atoms with Crippen LogP contribution in [-0.2, 0) is 6.18 Å². The van der Waals surface area contributed by atoms with Crippen molar-refractivity contribution >= 4 is 5.91 Å². The zero-order valence-corrected chi connectivity index (χ0v) is 12.5. The van der Waals surface area contributed by atoms with Gasteiger partial charge in [0.1, 0.15) is 12.4 Å². The molecule has 2 rings (SSSR count). The number of nitrogens with one attached hydrogen (secondary N) is 1. The van der Waals surface area contributed by atoms with Crippen LogP contribution in [0.25, 0.3) is 0 Å². The Kier molecular flexibility index (Phi) is 5.30. The molecule has 1 unspecified atom stereocenters. The van der Waals surface area contributed by atoms with Crippen molar-refractivity contribution in [2.45, 2.75) is 25.1 Å². The SMILES string of the molecule is C=CCOc1ccc(C(F)(F)F)cc1C(=O)NCC(N)C1CC1. The van der Waals surface area contributed by atoms with E-state index in [0.717, 1.165) is 31.0 Å². The third kappa shape index (κ3) is 4.72. The number of carbonyl (C=O) groups excluding carboxylic acids is 1. The molecule has 0 heterocycles. The maximum Gasteiger partial charge on any atom is 0.416 e. The Hall–Kier alpha value is -2.02. The van der Waals surface area contributed by atoms with Crippen molar-refractivity contribution in [2.75, 3.05) is 13.2 Å². The largest absolute Gasteiger partial charge is 0.489 e. The summed E-state index contributed by atoms with van der Waals surface area (Å²) in [5.41, 5.74) is 4.82. The molecular weight excluding hydrogens is 309 g/mol. The fraction of sp³-hybridized carbons (Fsp3) is 0.438. The molecule has 0 aromatic heterocycles. The second-order valence-corrected chi connectivity index (χ2v) is 5.52. The lowest BCUT2D eigenvalue weighted by Gasteiger charge is -2.15. The molecule has 1 saturated carbocycles. The molecular formula is C16H19F3N2O2. The summed E-state index contributed by atoms with van der Waals surface area (Å²) in [7, 11) is 0. The molecule has 3 N–H and O–H groups in total. The molecule has 7 heteroatoms. The number of ether oxygens (including phenoxy) is 1. The summed E-state index contributed by atoms with van der Waals surface area (Å²) in [5, 5.41) is 2.58. The van der Waals surface area contributed by atoms with E-state index >= 15 is 0 Å². The zero-order valence-electron chi connectivity index (χ0n) is 12.5. The van der Waals surface area contributed by atoms with Crippen LogP contribution in [0.3, 0.4) is 0 Å². The Morgan fingerprint density at radius 2 is 2.17 bits per heavy atom. The number of benzene rings is 1. The van der Waals surface area contributed by atoms with Gasteiger partial charge in [0, 0.05) is 12.6 Å². The first-order valence-corrected chi connectivity index (χ1v) is 7.31. The first kappa shape index (κ1) is 17.3. The second-order valence-electron chi connectivity index (χ2n) is 5.52. The molecule has 1 aromatic carbocycles. The third-order valence-corrected chi connectivity index (χ3v) is 3.63. The number of carbonyl (C=O) groups is 1. The molecule has 1 atom stereocenters. The number of hydrogen-bond donors (Lipinski definition) is 2. The minimum Gasteiger partial charge on any atom is -0.489 e. The predicted molar refractivity (Wildman–Crippen MR) is 80.2 cm³/mol. The maximum atomic E-state index is 12.8. The first-order chi connectivity index (χ1) is 10.8. The monoisotopic (exact) mass is 328 g/mol. The van der Waals surface area contributed by atoms with Crippen LogP contribution in [0.1, 0.15) is 28.8 Å². The molecule has 0 radical (unpaired) electrons. The van der Waals surface area contributed by atoms with Gasteiger partial charge in [0.25, 0.3) is 5.91 Å². The quantitative estimate of drug-likeness (QED) is 0.757. The van der Waals surface area contributed by atoms with E-state index in [-0.39, 0.29) is 30.5 Å². The molecule has 1 aliphatic carbocycles. The van der Waals surface area contributed by atoms with Gasteiger partial charge >= 0.3 is 6.18 Å². The van der Waals surface area contributed by atoms with Crippen LogP contribution < -0.4 is 15.8 Å². The van der Waals surface area contributed by atoms with Crippen LogP contribution in [0.4, 0.5) is 13.2 Å². The lowest BCUT2D eigenvalue weighted by molar-refractivity contribution is -0.137. The Bertz CT molecular complexity index is 583. The van der Waals surface area contributed by atoms with Gasteiger partial charge < -0.3 is 15.8 Å². The highest BCUT2D eigenvalue weighted by Gasteiger charge is 2.32. The Morgan fingerprint density at radius 3 is 2.74 bits per heavy atom. The van der Waals surface area contributed by atoms with Gasteiger partial charge in [-0.3, -0.25) is 4.79 Å². The van der Waals surface area contributed by atoms with Crippen LogP contribution in [0.15, 0.2) is 30.9 Å². The van der Waals surface area contributed by atoms with E-state index in [4.69, 9.17) is 10.5 Å². The van der Waals surface area contributed by atoms with Crippen molar-refractivity contribution in [3.05, 3.63) is 42.0 Å². The summed E-state index contributed by atoms with van der Waals surface area (Å²) in [6, 6.07) is 2.63. The van der Waals surface area contributed by atoms with Gasteiger partial charge in [-0.1, -0.05) is 12.7 Å². The lowest BCUT2D eigenvalue weighted by Crippen LogP contribution is -2.38. The van der Waals surface area contributed by atoms with Crippen LogP contribution in [0, 0.1) is 5.92 Å². The fourth-order valence-electron chi connectivity index (χ4n) is 2.16. The fourth-order valence-corrected chi connectivity index (χ4v) is 2.16. The molecule has 1 fully saturated rings. The van der Waals surface area contributed by atoms with Crippen molar-refractivity contribution in [1.82, 2.24) is 5.32 Å². The molecule has 1 aromatic rings. The van der Waals surface area contributed by atoms with Crippen molar-refractivity contribution in [3.8, 4) is 5.75 Å². The molecule has 0 bridgehead atoms. The summed E-state index contributed by atoms with van der Waals surface area (Å²) in [4.78, 5) is 12.2. The van der Waals surface area contributed by atoms with Crippen LogP contribution >= 0.6 is 0 Å². The highest BCUT2D eigenvalue weighted by Crippen LogP contribution is 2.33. The van der Waals surface area contributed by atoms with Gasteiger partial charge in [-0.2, -0.15) is 13.2 Å². The number of alkyl halides is 3. The van der Waals surface area contributed by atoms with E-state index < -0.39 is 17.6 Å². The highest BCUT2D eigenvalue weighted by atomic mass is 19.4. The van der Waals surface area contributed by atoms with Crippen LogP contribution in [0.5, 0.6) is 5.75 Å². The average molecular weight is 328 g/mol. The summed E-state index contributed by atoms with van der Waals surface area (Å²) in [6.07, 6.45) is -1.04. The predicted octanol–water partition coefficient (Wildman–Crippen LogP) is 2.74. The van der Waals surface area contributed by atoms with E-state index in [9.17, 15) is 18.0 Å². The minimum absolute atomic E-state index is 0.0791. The summed E-state index contributed by atoms with van der Waals surface area (Å²) in [6.45, 7) is 3.78. The Balaban J connectivity index is 2.16. The highest BCUT2D eigenvalue weighted by molar-refractivity contribution is 5.97. The lowest BCUT2D eigenvalue weighted by atomic mass is 10.1. The molecule has 0 saturated heterocycles. The van der Waals surface area contributed by atoms with E-state index in [1.807, 2.05) is 0 Å². The van der Waals surface area contributed by atoms with E-state index in [1.165, 1.54) is 6.08 Å². The second kappa shape index (κ2) is 7.04. The summed E-state index contributed by atoms with van der Waals surface area (Å²) < 4.78 is 43.8. The van der Waals surface area contributed by atoms with Gasteiger partial charge in [0.05, 0.1) is 11.1 Å². The van der Waals surface area contributed by atoms with Gasteiger partial charge in [-0.25, -0.2) is 0 Å². The molecule has 23 heavy (non-hydrogen) atoms. The van der Waals surface area contributed by atoms with Gasteiger partial charge in [0.15, 0.2) is 0 Å². The van der Waals surface area contributed by atoms with Crippen molar-refractivity contribution in [1.29, 1.82) is 0 Å². The van der Waals surface area contributed by atoms with E-state index in [1.54, 1.807) is 0 Å².